The Balaban J connectivity index is 1.65. The molecule has 33 heavy (non-hydrogen) atoms. The lowest BCUT2D eigenvalue weighted by molar-refractivity contribution is -0.137. The van der Waals surface area contributed by atoms with Crippen LogP contribution < -0.4 is 10.6 Å². The van der Waals surface area contributed by atoms with Crippen LogP contribution in [-0.4, -0.2) is 23.9 Å². The third kappa shape index (κ3) is 6.00. The SMILES string of the molecule is Cc1ccc(C(=O)OC(C)C(=O)Nc2cccc(C(F)(F)F)c2)cc1NC(=O)c1ccco1. The first-order valence-electron chi connectivity index (χ1n) is 9.69. The van der Waals surface area contributed by atoms with Crippen LogP contribution in [0.1, 0.15) is 39.0 Å². The molecule has 7 nitrogen and oxygen atoms in total. The molecular formula is C23H19F3N2O5. The molecule has 0 spiro atoms. The molecule has 0 aliphatic rings. The van der Waals surface area contributed by atoms with Crippen LogP contribution in [0.5, 0.6) is 0 Å². The van der Waals surface area contributed by atoms with Gasteiger partial charge in [0.1, 0.15) is 0 Å². The quantitative estimate of drug-likeness (QED) is 0.502. The van der Waals surface area contributed by atoms with Gasteiger partial charge in [0.2, 0.25) is 0 Å². The van der Waals surface area contributed by atoms with Crippen LogP contribution in [0.4, 0.5) is 24.5 Å². The minimum absolute atomic E-state index is 0.0639. The van der Waals surface area contributed by atoms with Crippen molar-refractivity contribution in [3.63, 3.8) is 0 Å². The zero-order chi connectivity index (χ0) is 24.2. The minimum Gasteiger partial charge on any atom is -0.459 e. The number of halogens is 3. The van der Waals surface area contributed by atoms with Crippen molar-refractivity contribution in [1.29, 1.82) is 0 Å². The number of alkyl halides is 3. The number of ether oxygens (including phenoxy) is 1. The Morgan fingerprint density at radius 2 is 1.76 bits per heavy atom. The van der Waals surface area contributed by atoms with Crippen molar-refractivity contribution in [2.45, 2.75) is 26.1 Å². The molecule has 0 saturated carbocycles. The predicted molar refractivity (Wildman–Crippen MR) is 113 cm³/mol. The van der Waals surface area contributed by atoms with E-state index in [4.69, 9.17) is 9.15 Å². The highest BCUT2D eigenvalue weighted by Gasteiger charge is 2.30. The zero-order valence-corrected chi connectivity index (χ0v) is 17.5. The maximum absolute atomic E-state index is 12.8. The molecule has 2 N–H and O–H groups in total. The number of esters is 1. The second-order valence-corrected chi connectivity index (χ2v) is 7.08. The number of rotatable bonds is 6. The standard InChI is InChI=1S/C23H19F3N2O5/c1-13-8-9-15(11-18(13)28-21(30)19-7-4-10-32-19)22(31)33-14(2)20(29)27-17-6-3-5-16(12-17)23(24,25)26/h3-12,14H,1-2H3,(H,27,29)(H,28,30). The van der Waals surface area contributed by atoms with Crippen LogP contribution in [-0.2, 0) is 15.7 Å². The van der Waals surface area contributed by atoms with Crippen molar-refractivity contribution < 1.29 is 36.7 Å². The van der Waals surface area contributed by atoms with Gasteiger partial charge in [0.05, 0.1) is 17.4 Å². The Morgan fingerprint density at radius 3 is 2.42 bits per heavy atom. The highest BCUT2D eigenvalue weighted by atomic mass is 19.4. The molecule has 0 bridgehead atoms. The number of furan rings is 1. The molecule has 2 amide bonds. The molecule has 1 aromatic heterocycles. The second-order valence-electron chi connectivity index (χ2n) is 7.08. The molecule has 0 saturated heterocycles. The van der Waals surface area contributed by atoms with E-state index in [1.165, 1.54) is 37.5 Å². The first kappa shape index (κ1) is 23.6. The van der Waals surface area contributed by atoms with E-state index in [1.54, 1.807) is 19.1 Å². The number of nitrogens with one attached hydrogen (secondary N) is 2. The summed E-state index contributed by atoms with van der Waals surface area (Å²) in [5, 5.41) is 4.91. The van der Waals surface area contributed by atoms with Gasteiger partial charge in [-0.3, -0.25) is 9.59 Å². The maximum atomic E-state index is 12.8. The number of carbonyl (C=O) groups is 3. The molecule has 2 aromatic carbocycles. The van der Waals surface area contributed by atoms with E-state index >= 15 is 0 Å². The van der Waals surface area contributed by atoms with E-state index in [0.29, 0.717) is 11.3 Å². The number of carbonyl (C=O) groups excluding carboxylic acids is 3. The van der Waals surface area contributed by atoms with Gasteiger partial charge in [-0.25, -0.2) is 4.79 Å². The molecule has 1 atom stereocenters. The molecular weight excluding hydrogens is 441 g/mol. The summed E-state index contributed by atoms with van der Waals surface area (Å²) in [6, 6.07) is 11.6. The van der Waals surface area contributed by atoms with E-state index in [-0.39, 0.29) is 17.0 Å². The van der Waals surface area contributed by atoms with Gasteiger partial charge in [-0.15, -0.1) is 0 Å². The van der Waals surface area contributed by atoms with E-state index in [1.807, 2.05) is 0 Å². The Kier molecular flexibility index (Phi) is 6.86. The number of anilines is 2. The summed E-state index contributed by atoms with van der Waals surface area (Å²) in [6.07, 6.45) is -4.51. The van der Waals surface area contributed by atoms with Gasteiger partial charge in [-0.2, -0.15) is 13.2 Å². The zero-order valence-electron chi connectivity index (χ0n) is 17.5. The van der Waals surface area contributed by atoms with Gasteiger partial charge in [-0.1, -0.05) is 12.1 Å². The van der Waals surface area contributed by atoms with Gasteiger partial charge in [0.15, 0.2) is 11.9 Å². The summed E-state index contributed by atoms with van der Waals surface area (Å²) in [7, 11) is 0. The van der Waals surface area contributed by atoms with Crippen LogP contribution in [0.25, 0.3) is 0 Å². The summed E-state index contributed by atoms with van der Waals surface area (Å²) < 4.78 is 48.7. The van der Waals surface area contributed by atoms with Crippen molar-refractivity contribution in [2.75, 3.05) is 10.6 Å². The van der Waals surface area contributed by atoms with Crippen molar-refractivity contribution in [3.8, 4) is 0 Å². The molecule has 0 aliphatic heterocycles. The molecule has 1 unspecified atom stereocenters. The molecule has 0 aliphatic carbocycles. The number of aryl methyl sites for hydroxylation is 1. The molecule has 3 aromatic rings. The lowest BCUT2D eigenvalue weighted by Crippen LogP contribution is -2.30. The fourth-order valence-electron chi connectivity index (χ4n) is 2.77. The highest BCUT2D eigenvalue weighted by molar-refractivity contribution is 6.03. The number of hydrogen-bond acceptors (Lipinski definition) is 5. The highest BCUT2D eigenvalue weighted by Crippen LogP contribution is 2.30. The summed E-state index contributed by atoms with van der Waals surface area (Å²) in [5.74, 6) is -2.08. The number of amides is 2. The van der Waals surface area contributed by atoms with Crippen LogP contribution >= 0.6 is 0 Å². The minimum atomic E-state index is -4.56. The average molecular weight is 460 g/mol. The van der Waals surface area contributed by atoms with E-state index < -0.39 is 35.6 Å². The third-order valence-corrected chi connectivity index (χ3v) is 4.58. The molecule has 1 heterocycles. The Labute approximate surface area is 186 Å². The number of benzene rings is 2. The van der Waals surface area contributed by atoms with E-state index in [2.05, 4.69) is 10.6 Å². The van der Waals surface area contributed by atoms with Crippen molar-refractivity contribution >= 4 is 29.2 Å². The van der Waals surface area contributed by atoms with Crippen LogP contribution in [0, 0.1) is 6.92 Å². The second kappa shape index (κ2) is 9.60. The predicted octanol–water partition coefficient (Wildman–Crippen LogP) is 5.04. The third-order valence-electron chi connectivity index (χ3n) is 4.58. The van der Waals surface area contributed by atoms with Gasteiger partial charge in [0, 0.05) is 11.4 Å². The Hall–Kier alpha value is -4.08. The van der Waals surface area contributed by atoms with Crippen LogP contribution in [0.2, 0.25) is 0 Å². The maximum Gasteiger partial charge on any atom is 0.416 e. The molecule has 3 rings (SSSR count). The van der Waals surface area contributed by atoms with Crippen molar-refractivity contribution in [2.24, 2.45) is 0 Å². The largest absolute Gasteiger partial charge is 0.459 e. The molecule has 10 heteroatoms. The first-order valence-corrected chi connectivity index (χ1v) is 9.69. The fraction of sp³-hybridized carbons (Fsp3) is 0.174. The van der Waals surface area contributed by atoms with Gasteiger partial charge in [-0.05, 0) is 61.9 Å². The monoisotopic (exact) mass is 460 g/mol. The molecule has 0 fully saturated rings. The van der Waals surface area contributed by atoms with Gasteiger partial charge in [0.25, 0.3) is 11.8 Å². The smallest absolute Gasteiger partial charge is 0.416 e. The lowest BCUT2D eigenvalue weighted by Gasteiger charge is -2.15. The summed E-state index contributed by atoms with van der Waals surface area (Å²) >= 11 is 0. The first-order chi connectivity index (χ1) is 15.5. The van der Waals surface area contributed by atoms with Gasteiger partial charge < -0.3 is 19.8 Å². The average Bonchev–Trinajstić information content (AvgIpc) is 3.30. The molecule has 0 radical (unpaired) electrons. The Bertz CT molecular complexity index is 1170. The van der Waals surface area contributed by atoms with Crippen LogP contribution in [0.15, 0.2) is 65.3 Å². The van der Waals surface area contributed by atoms with E-state index in [0.717, 1.165) is 18.2 Å². The van der Waals surface area contributed by atoms with Gasteiger partial charge >= 0.3 is 12.1 Å². The normalized spacial score (nSPS) is 12.0. The van der Waals surface area contributed by atoms with Crippen LogP contribution in [0.3, 0.4) is 0 Å². The summed E-state index contributed by atoms with van der Waals surface area (Å²) in [4.78, 5) is 37.0. The summed E-state index contributed by atoms with van der Waals surface area (Å²) in [5.41, 5.74) is 0.0625. The summed E-state index contributed by atoms with van der Waals surface area (Å²) in [6.45, 7) is 3.01. The number of hydrogen-bond donors (Lipinski definition) is 2. The Morgan fingerprint density at radius 1 is 1.00 bits per heavy atom. The van der Waals surface area contributed by atoms with E-state index in [9.17, 15) is 27.6 Å². The van der Waals surface area contributed by atoms with Crippen molar-refractivity contribution in [3.05, 3.63) is 83.3 Å². The topological polar surface area (TPSA) is 97.6 Å². The fourth-order valence-corrected chi connectivity index (χ4v) is 2.77. The van der Waals surface area contributed by atoms with Crippen molar-refractivity contribution in [1.82, 2.24) is 0 Å². The molecule has 172 valence electrons. The lowest BCUT2D eigenvalue weighted by atomic mass is 10.1.